The quantitative estimate of drug-likeness (QED) is 0.788. The van der Waals surface area contributed by atoms with Gasteiger partial charge in [0.25, 0.3) is 0 Å². The first-order chi connectivity index (χ1) is 10.7. The summed E-state index contributed by atoms with van der Waals surface area (Å²) in [7, 11) is -0.602. The highest BCUT2D eigenvalue weighted by Crippen LogP contribution is 2.29. The Morgan fingerprint density at radius 3 is 2.57 bits per heavy atom. The first kappa shape index (κ1) is 17.2. The van der Waals surface area contributed by atoms with Crippen molar-refractivity contribution in [2.75, 3.05) is 31.2 Å². The van der Waals surface area contributed by atoms with E-state index in [9.17, 15) is 13.2 Å². The predicted molar refractivity (Wildman–Crippen MR) is 87.3 cm³/mol. The van der Waals surface area contributed by atoms with Gasteiger partial charge >= 0.3 is 0 Å². The van der Waals surface area contributed by atoms with Crippen LogP contribution >= 0.6 is 11.6 Å². The summed E-state index contributed by atoms with van der Waals surface area (Å²) in [6, 6.07) is 4.70. The lowest BCUT2D eigenvalue weighted by atomic mass is 10.2. The third kappa shape index (κ3) is 3.99. The van der Waals surface area contributed by atoms with Crippen LogP contribution in [-0.2, 0) is 14.8 Å². The molecule has 1 aromatic heterocycles. The lowest BCUT2D eigenvalue weighted by Crippen LogP contribution is -2.40. The molecule has 2 aromatic rings. The maximum atomic E-state index is 12.2. The van der Waals surface area contributed by atoms with E-state index < -0.39 is 10.0 Å². The fourth-order valence-corrected chi connectivity index (χ4v) is 2.88. The maximum absolute atomic E-state index is 12.2. The number of amides is 1. The number of nitrogens with zero attached hydrogens (tertiary/aromatic N) is 5. The van der Waals surface area contributed by atoms with E-state index in [-0.39, 0.29) is 18.1 Å². The van der Waals surface area contributed by atoms with Crippen LogP contribution in [0, 0.1) is 0 Å². The highest BCUT2D eigenvalue weighted by atomic mass is 35.5. The molecule has 0 spiro atoms. The summed E-state index contributed by atoms with van der Waals surface area (Å²) in [6.45, 7) is -0.339. The molecule has 0 fully saturated rings. The van der Waals surface area contributed by atoms with Gasteiger partial charge in [-0.1, -0.05) is 11.6 Å². The number of rotatable bonds is 5. The summed E-state index contributed by atoms with van der Waals surface area (Å²) in [5, 5.41) is 4.34. The number of hydrogen-bond donors (Lipinski definition) is 0. The Bertz CT molecular complexity index is 805. The number of aromatic nitrogens is 3. The molecule has 0 radical (unpaired) electrons. The minimum absolute atomic E-state index is 0.251. The van der Waals surface area contributed by atoms with Crippen molar-refractivity contribution >= 4 is 33.2 Å². The Morgan fingerprint density at radius 1 is 1.35 bits per heavy atom. The van der Waals surface area contributed by atoms with Crippen LogP contribution in [0.1, 0.15) is 0 Å². The van der Waals surface area contributed by atoms with Crippen LogP contribution in [0.4, 0.5) is 5.69 Å². The molecule has 1 aromatic carbocycles. The zero-order valence-electron chi connectivity index (χ0n) is 12.8. The van der Waals surface area contributed by atoms with Gasteiger partial charge in [-0.25, -0.2) is 18.1 Å². The fraction of sp³-hybridized carbons (Fsp3) is 0.308. The van der Waals surface area contributed by atoms with Crippen LogP contribution in [0.25, 0.3) is 5.69 Å². The second kappa shape index (κ2) is 6.55. The van der Waals surface area contributed by atoms with Gasteiger partial charge in [-0.3, -0.25) is 9.10 Å². The Hall–Kier alpha value is -2.13. The van der Waals surface area contributed by atoms with Crippen LogP contribution in [0.2, 0.25) is 5.02 Å². The van der Waals surface area contributed by atoms with Crippen LogP contribution in [0.15, 0.2) is 30.9 Å². The second-order valence-electron chi connectivity index (χ2n) is 5.03. The van der Waals surface area contributed by atoms with Crippen molar-refractivity contribution in [3.8, 4) is 5.69 Å². The molecule has 2 rings (SSSR count). The molecule has 10 heteroatoms. The maximum Gasteiger partial charge on any atom is 0.242 e. The van der Waals surface area contributed by atoms with E-state index in [1.54, 1.807) is 26.2 Å². The summed E-state index contributed by atoms with van der Waals surface area (Å²) in [5.74, 6) is -0.361. The molecular weight excluding hydrogens is 342 g/mol. The number of sulfonamides is 1. The molecule has 1 heterocycles. The lowest BCUT2D eigenvalue weighted by Gasteiger charge is -2.25. The Kier molecular flexibility index (Phi) is 4.90. The van der Waals surface area contributed by atoms with Gasteiger partial charge in [0.05, 0.1) is 17.6 Å². The summed E-state index contributed by atoms with van der Waals surface area (Å²) in [5.41, 5.74) is 0.699. The molecule has 8 nitrogen and oxygen atoms in total. The average Bonchev–Trinajstić information content (AvgIpc) is 2.96. The van der Waals surface area contributed by atoms with Gasteiger partial charge in [0.1, 0.15) is 19.2 Å². The minimum atomic E-state index is -3.71. The minimum Gasteiger partial charge on any atom is -0.347 e. The van der Waals surface area contributed by atoms with Crippen molar-refractivity contribution in [2.45, 2.75) is 0 Å². The van der Waals surface area contributed by atoms with Crippen LogP contribution in [0.3, 0.4) is 0 Å². The van der Waals surface area contributed by atoms with E-state index in [2.05, 4.69) is 10.1 Å². The molecule has 0 aliphatic heterocycles. The van der Waals surface area contributed by atoms with Crippen molar-refractivity contribution in [2.24, 2.45) is 0 Å². The van der Waals surface area contributed by atoms with Gasteiger partial charge in [-0.05, 0) is 18.2 Å². The number of hydrogen-bond acceptors (Lipinski definition) is 5. The zero-order valence-corrected chi connectivity index (χ0v) is 14.4. The standard InChI is InChI=1S/C13H16ClN5O3S/c1-17(2)13(20)7-19(23(3,21)22)12-6-10(14)4-5-11(12)18-9-15-8-16-18/h4-6,8-9H,7H2,1-3H3. The molecule has 0 atom stereocenters. The van der Waals surface area contributed by atoms with E-state index in [1.807, 2.05) is 0 Å². The third-order valence-corrected chi connectivity index (χ3v) is 4.41. The van der Waals surface area contributed by atoms with E-state index in [0.29, 0.717) is 10.7 Å². The largest absolute Gasteiger partial charge is 0.347 e. The molecule has 1 amide bonds. The highest BCUT2D eigenvalue weighted by molar-refractivity contribution is 7.92. The number of likely N-dealkylation sites (N-methyl/N-ethyl adjacent to an activating group) is 1. The number of anilines is 1. The fourth-order valence-electron chi connectivity index (χ4n) is 1.87. The molecule has 124 valence electrons. The topological polar surface area (TPSA) is 88.4 Å². The molecule has 0 bridgehead atoms. The second-order valence-corrected chi connectivity index (χ2v) is 7.37. The van der Waals surface area contributed by atoms with Crippen LogP contribution < -0.4 is 4.31 Å². The van der Waals surface area contributed by atoms with Crippen LogP contribution in [0.5, 0.6) is 0 Å². The monoisotopic (exact) mass is 357 g/mol. The predicted octanol–water partition coefficient (Wildman–Crippen LogP) is 0.775. The number of halogens is 1. The third-order valence-electron chi connectivity index (χ3n) is 3.05. The van der Waals surface area contributed by atoms with E-state index in [4.69, 9.17) is 11.6 Å². The van der Waals surface area contributed by atoms with E-state index >= 15 is 0 Å². The average molecular weight is 358 g/mol. The molecule has 0 aliphatic carbocycles. The smallest absolute Gasteiger partial charge is 0.242 e. The summed E-state index contributed by atoms with van der Waals surface area (Å²) in [4.78, 5) is 17.2. The molecule has 23 heavy (non-hydrogen) atoms. The molecular formula is C13H16ClN5O3S. The first-order valence-electron chi connectivity index (χ1n) is 6.52. The van der Waals surface area contributed by atoms with Gasteiger partial charge in [-0.2, -0.15) is 5.10 Å². The van der Waals surface area contributed by atoms with Crippen molar-refractivity contribution in [1.29, 1.82) is 0 Å². The van der Waals surface area contributed by atoms with Crippen molar-refractivity contribution in [3.63, 3.8) is 0 Å². The summed E-state index contributed by atoms with van der Waals surface area (Å²) in [6.07, 6.45) is 3.79. The van der Waals surface area contributed by atoms with Gasteiger partial charge in [0.2, 0.25) is 15.9 Å². The zero-order chi connectivity index (χ0) is 17.2. The molecule has 0 saturated carbocycles. The van der Waals surface area contributed by atoms with Crippen molar-refractivity contribution in [1.82, 2.24) is 19.7 Å². The van der Waals surface area contributed by atoms with Gasteiger partial charge in [-0.15, -0.1) is 0 Å². The molecule has 0 aliphatic rings. The Morgan fingerprint density at radius 2 is 2.04 bits per heavy atom. The Balaban J connectivity index is 2.59. The summed E-state index contributed by atoms with van der Waals surface area (Å²) < 4.78 is 26.8. The number of carbonyl (C=O) groups excluding carboxylic acids is 1. The Labute approximate surface area is 139 Å². The normalized spacial score (nSPS) is 11.3. The number of carbonyl (C=O) groups is 1. The van der Waals surface area contributed by atoms with Crippen molar-refractivity contribution in [3.05, 3.63) is 35.9 Å². The van der Waals surface area contributed by atoms with E-state index in [1.165, 1.54) is 28.3 Å². The molecule has 0 unspecified atom stereocenters. The van der Waals surface area contributed by atoms with E-state index in [0.717, 1.165) is 10.6 Å². The summed E-state index contributed by atoms with van der Waals surface area (Å²) >= 11 is 6.01. The van der Waals surface area contributed by atoms with Gasteiger partial charge < -0.3 is 4.90 Å². The lowest BCUT2D eigenvalue weighted by molar-refractivity contribution is -0.127. The highest BCUT2D eigenvalue weighted by Gasteiger charge is 2.25. The van der Waals surface area contributed by atoms with Gasteiger partial charge in [0, 0.05) is 19.1 Å². The van der Waals surface area contributed by atoms with Crippen molar-refractivity contribution < 1.29 is 13.2 Å². The number of benzene rings is 1. The molecule has 0 saturated heterocycles. The SMILES string of the molecule is CN(C)C(=O)CN(c1cc(Cl)ccc1-n1cncn1)S(C)(=O)=O. The van der Waals surface area contributed by atoms with Crippen LogP contribution in [-0.4, -0.2) is 60.9 Å². The van der Waals surface area contributed by atoms with Gasteiger partial charge in [0.15, 0.2) is 0 Å². The molecule has 0 N–H and O–H groups in total. The first-order valence-corrected chi connectivity index (χ1v) is 8.75.